The summed E-state index contributed by atoms with van der Waals surface area (Å²) in [5, 5.41) is 8.90. The smallest absolute Gasteiger partial charge is 0.242 e. The molecule has 0 unspecified atom stereocenters. The molecule has 2 aliphatic heterocycles. The van der Waals surface area contributed by atoms with Crippen LogP contribution in [0.15, 0.2) is 43.0 Å². The Hall–Kier alpha value is -2.78. The maximum atomic E-state index is 13.4. The molecule has 0 radical (unpaired) electrons. The molecule has 1 aromatic carbocycles. The minimum Gasteiger partial charge on any atom is -0.290 e. The zero-order valence-corrected chi connectivity index (χ0v) is 13.2. The number of carbonyl (C=O) groups is 1. The van der Waals surface area contributed by atoms with Crippen molar-refractivity contribution >= 4 is 17.3 Å². The molecule has 1 amide bonds. The van der Waals surface area contributed by atoms with Crippen molar-refractivity contribution in [2.75, 3.05) is 24.5 Å². The van der Waals surface area contributed by atoms with Crippen LogP contribution in [0.2, 0.25) is 0 Å². The van der Waals surface area contributed by atoms with Crippen LogP contribution in [0.3, 0.4) is 0 Å². The predicted molar refractivity (Wildman–Crippen MR) is 88.6 cm³/mol. The van der Waals surface area contributed by atoms with Crippen LogP contribution in [-0.4, -0.2) is 40.4 Å². The first-order chi connectivity index (χ1) is 11.8. The average Bonchev–Trinajstić information content (AvgIpc) is 2.87. The van der Waals surface area contributed by atoms with E-state index in [1.807, 2.05) is 18.2 Å². The van der Waals surface area contributed by atoms with Crippen molar-refractivity contribution in [3.63, 3.8) is 0 Å². The molecule has 120 valence electrons. The third-order valence-corrected chi connectivity index (χ3v) is 5.08. The molecule has 1 aromatic heterocycles. The zero-order valence-electron chi connectivity index (χ0n) is 13.2. The molecule has 24 heavy (non-hydrogen) atoms. The predicted octanol–water partition coefficient (Wildman–Crippen LogP) is 2.01. The average molecular weight is 319 g/mol. The molecule has 2 aromatic rings. The van der Waals surface area contributed by atoms with Crippen LogP contribution in [0.5, 0.6) is 0 Å². The summed E-state index contributed by atoms with van der Waals surface area (Å²) in [5.41, 5.74) is 2.20. The van der Waals surface area contributed by atoms with E-state index in [2.05, 4.69) is 27.0 Å². The SMILES string of the molecule is N#CCN1CCC2(CC1)C(=O)N(c1cncnc1)c1ccccc12. The van der Waals surface area contributed by atoms with Gasteiger partial charge in [0.15, 0.2) is 0 Å². The number of likely N-dealkylation sites (tertiary alicyclic amines) is 1. The quantitative estimate of drug-likeness (QED) is 0.792. The number of piperidine rings is 1. The summed E-state index contributed by atoms with van der Waals surface area (Å²) in [4.78, 5) is 25.4. The Morgan fingerprint density at radius 1 is 1.17 bits per heavy atom. The van der Waals surface area contributed by atoms with Gasteiger partial charge < -0.3 is 0 Å². The molecule has 0 aliphatic carbocycles. The lowest BCUT2D eigenvalue weighted by molar-refractivity contribution is -0.124. The Morgan fingerprint density at radius 2 is 1.88 bits per heavy atom. The summed E-state index contributed by atoms with van der Waals surface area (Å²) in [6.45, 7) is 1.93. The Balaban J connectivity index is 1.75. The van der Waals surface area contributed by atoms with Gasteiger partial charge in [0, 0.05) is 13.1 Å². The molecule has 1 fully saturated rings. The van der Waals surface area contributed by atoms with E-state index >= 15 is 0 Å². The van der Waals surface area contributed by atoms with E-state index in [1.54, 1.807) is 17.3 Å². The van der Waals surface area contributed by atoms with Gasteiger partial charge in [0.1, 0.15) is 6.33 Å². The number of rotatable bonds is 2. The van der Waals surface area contributed by atoms with E-state index < -0.39 is 5.41 Å². The Kier molecular flexibility index (Phi) is 3.51. The molecular weight excluding hydrogens is 302 g/mol. The Bertz CT molecular complexity index is 806. The van der Waals surface area contributed by atoms with Crippen molar-refractivity contribution in [2.45, 2.75) is 18.3 Å². The molecule has 3 heterocycles. The van der Waals surface area contributed by atoms with E-state index in [9.17, 15) is 4.79 Å². The second-order valence-electron chi connectivity index (χ2n) is 6.27. The molecule has 6 nitrogen and oxygen atoms in total. The van der Waals surface area contributed by atoms with Gasteiger partial charge >= 0.3 is 0 Å². The number of hydrogen-bond donors (Lipinski definition) is 0. The van der Waals surface area contributed by atoms with Crippen LogP contribution in [0.1, 0.15) is 18.4 Å². The van der Waals surface area contributed by atoms with Gasteiger partial charge in [-0.1, -0.05) is 18.2 Å². The number of hydrogen-bond acceptors (Lipinski definition) is 5. The first-order valence-electron chi connectivity index (χ1n) is 8.05. The normalized spacial score (nSPS) is 19.3. The van der Waals surface area contributed by atoms with Gasteiger partial charge in [0.05, 0.1) is 41.8 Å². The summed E-state index contributed by atoms with van der Waals surface area (Å²) >= 11 is 0. The molecule has 0 N–H and O–H groups in total. The maximum Gasteiger partial charge on any atom is 0.242 e. The fourth-order valence-electron chi connectivity index (χ4n) is 3.85. The second kappa shape index (κ2) is 5.69. The largest absolute Gasteiger partial charge is 0.290 e. The fourth-order valence-corrected chi connectivity index (χ4v) is 3.85. The minimum absolute atomic E-state index is 0.0927. The van der Waals surface area contributed by atoms with Gasteiger partial charge in [0.25, 0.3) is 0 Å². The van der Waals surface area contributed by atoms with Crippen molar-refractivity contribution in [3.05, 3.63) is 48.5 Å². The van der Waals surface area contributed by atoms with Gasteiger partial charge in [-0.05, 0) is 24.5 Å². The van der Waals surface area contributed by atoms with Gasteiger partial charge in [-0.15, -0.1) is 0 Å². The van der Waals surface area contributed by atoms with Crippen molar-refractivity contribution in [1.82, 2.24) is 14.9 Å². The summed E-state index contributed by atoms with van der Waals surface area (Å²) in [5.74, 6) is 0.0927. The number of nitrogens with zero attached hydrogens (tertiary/aromatic N) is 5. The molecule has 0 saturated carbocycles. The third-order valence-electron chi connectivity index (χ3n) is 5.08. The van der Waals surface area contributed by atoms with Gasteiger partial charge in [0.2, 0.25) is 5.91 Å². The first kappa shape index (κ1) is 14.8. The highest BCUT2D eigenvalue weighted by molar-refractivity contribution is 6.12. The number of nitriles is 1. The van der Waals surface area contributed by atoms with Crippen LogP contribution in [0.4, 0.5) is 11.4 Å². The van der Waals surface area contributed by atoms with E-state index in [0.29, 0.717) is 12.2 Å². The monoisotopic (exact) mass is 319 g/mol. The highest BCUT2D eigenvalue weighted by atomic mass is 16.2. The number of aromatic nitrogens is 2. The highest BCUT2D eigenvalue weighted by Crippen LogP contribution is 2.50. The highest BCUT2D eigenvalue weighted by Gasteiger charge is 2.52. The number of amides is 1. The third kappa shape index (κ3) is 2.09. The van der Waals surface area contributed by atoms with E-state index in [-0.39, 0.29) is 5.91 Å². The summed E-state index contributed by atoms with van der Waals surface area (Å²) in [6.07, 6.45) is 6.27. The van der Waals surface area contributed by atoms with Gasteiger partial charge in [-0.2, -0.15) is 5.26 Å². The number of carbonyl (C=O) groups excluding carboxylic acids is 1. The number of anilines is 2. The van der Waals surface area contributed by atoms with Crippen molar-refractivity contribution in [1.29, 1.82) is 5.26 Å². The molecule has 6 heteroatoms. The summed E-state index contributed by atoms with van der Waals surface area (Å²) in [7, 11) is 0. The molecule has 4 rings (SSSR count). The van der Waals surface area contributed by atoms with Crippen LogP contribution < -0.4 is 4.90 Å². The summed E-state index contributed by atoms with van der Waals surface area (Å²) in [6, 6.07) is 10.2. The molecule has 0 bridgehead atoms. The zero-order chi connectivity index (χ0) is 16.6. The van der Waals surface area contributed by atoms with Crippen molar-refractivity contribution in [2.24, 2.45) is 0 Å². The van der Waals surface area contributed by atoms with Crippen molar-refractivity contribution < 1.29 is 4.79 Å². The number of para-hydroxylation sites is 1. The lowest BCUT2D eigenvalue weighted by Gasteiger charge is -2.37. The maximum absolute atomic E-state index is 13.4. The van der Waals surface area contributed by atoms with E-state index in [4.69, 9.17) is 5.26 Å². The topological polar surface area (TPSA) is 73.1 Å². The molecule has 2 aliphatic rings. The minimum atomic E-state index is -0.502. The van der Waals surface area contributed by atoms with Crippen LogP contribution in [0.25, 0.3) is 0 Å². The van der Waals surface area contributed by atoms with Crippen molar-refractivity contribution in [3.8, 4) is 6.07 Å². The van der Waals surface area contributed by atoms with Gasteiger partial charge in [-0.3, -0.25) is 14.6 Å². The molecular formula is C18H17N5O. The standard InChI is InChI=1S/C18H17N5O/c19-7-10-22-8-5-18(6-9-22)15-3-1-2-4-16(15)23(17(18)24)14-11-20-13-21-12-14/h1-4,11-13H,5-6,8-10H2. The lowest BCUT2D eigenvalue weighted by Crippen LogP contribution is -2.48. The molecule has 0 atom stereocenters. The number of benzene rings is 1. The number of fused-ring (bicyclic) bond motifs is 2. The van der Waals surface area contributed by atoms with Crippen LogP contribution in [0, 0.1) is 11.3 Å². The second-order valence-corrected chi connectivity index (χ2v) is 6.27. The Morgan fingerprint density at radius 3 is 2.58 bits per heavy atom. The van der Waals surface area contributed by atoms with E-state index in [0.717, 1.165) is 37.2 Å². The Labute approximate surface area is 140 Å². The van der Waals surface area contributed by atoms with Crippen LogP contribution in [-0.2, 0) is 10.2 Å². The molecule has 1 spiro atoms. The molecule has 1 saturated heterocycles. The van der Waals surface area contributed by atoms with Gasteiger partial charge in [-0.25, -0.2) is 9.97 Å². The fraction of sp³-hybridized carbons (Fsp3) is 0.333. The summed E-state index contributed by atoms with van der Waals surface area (Å²) < 4.78 is 0. The lowest BCUT2D eigenvalue weighted by atomic mass is 9.73. The first-order valence-corrected chi connectivity index (χ1v) is 8.05. The van der Waals surface area contributed by atoms with Crippen LogP contribution >= 0.6 is 0 Å². The van der Waals surface area contributed by atoms with E-state index in [1.165, 1.54) is 6.33 Å².